The third-order valence-electron chi connectivity index (χ3n) is 2.79. The van der Waals surface area contributed by atoms with Gasteiger partial charge in [-0.15, -0.1) is 0 Å². The van der Waals surface area contributed by atoms with Crippen LogP contribution in [0, 0.1) is 0 Å². The number of nitrogens with zero attached hydrogens (tertiary/aromatic N) is 1. The molecule has 0 aliphatic carbocycles. The lowest BCUT2D eigenvalue weighted by molar-refractivity contribution is -0.138. The van der Waals surface area contributed by atoms with Gasteiger partial charge in [-0.2, -0.15) is 0 Å². The van der Waals surface area contributed by atoms with Crippen molar-refractivity contribution in [2.24, 2.45) is 12.8 Å². The molecule has 0 radical (unpaired) electrons. The first-order valence-electron chi connectivity index (χ1n) is 5.21. The Hall–Kier alpha value is -1.52. The van der Waals surface area contributed by atoms with Gasteiger partial charge < -0.3 is 15.4 Å². The molecule has 0 amide bonds. The number of carbonyl (C=O) groups is 1. The van der Waals surface area contributed by atoms with Crippen LogP contribution in [0.2, 0.25) is 5.02 Å². The second kappa shape index (κ2) is 4.39. The molecule has 1 atom stereocenters. The fourth-order valence-electron chi connectivity index (χ4n) is 1.93. The molecule has 5 heteroatoms. The highest BCUT2D eigenvalue weighted by Gasteiger charge is 2.15. The number of carboxylic acids is 1. The maximum Gasteiger partial charge on any atom is 0.320 e. The Morgan fingerprint density at radius 3 is 2.94 bits per heavy atom. The average Bonchev–Trinajstić information content (AvgIpc) is 2.55. The Morgan fingerprint density at radius 2 is 2.29 bits per heavy atom. The molecule has 0 saturated carbocycles. The van der Waals surface area contributed by atoms with E-state index in [4.69, 9.17) is 22.4 Å². The molecule has 0 spiro atoms. The second-order valence-electron chi connectivity index (χ2n) is 4.08. The number of aromatic nitrogens is 1. The lowest BCUT2D eigenvalue weighted by Gasteiger charge is -2.04. The van der Waals surface area contributed by atoms with Crippen molar-refractivity contribution < 1.29 is 9.90 Å². The van der Waals surface area contributed by atoms with Gasteiger partial charge in [-0.25, -0.2) is 0 Å². The van der Waals surface area contributed by atoms with Crippen LogP contribution >= 0.6 is 11.6 Å². The molecule has 0 fully saturated rings. The summed E-state index contributed by atoms with van der Waals surface area (Å²) in [5.74, 6) is -0.996. The maximum atomic E-state index is 10.8. The Balaban J connectivity index is 2.47. The number of aliphatic carboxylic acids is 1. The van der Waals surface area contributed by atoms with Gasteiger partial charge in [-0.1, -0.05) is 11.6 Å². The van der Waals surface area contributed by atoms with E-state index < -0.39 is 12.0 Å². The Labute approximate surface area is 104 Å². The zero-order valence-electron chi connectivity index (χ0n) is 9.35. The largest absolute Gasteiger partial charge is 0.480 e. The van der Waals surface area contributed by atoms with Crippen LogP contribution in [0.25, 0.3) is 10.9 Å². The smallest absolute Gasteiger partial charge is 0.320 e. The first-order chi connectivity index (χ1) is 7.99. The third kappa shape index (κ3) is 2.28. The number of nitrogens with two attached hydrogens (primary N) is 1. The van der Waals surface area contributed by atoms with Crippen molar-refractivity contribution in [3.8, 4) is 0 Å². The van der Waals surface area contributed by atoms with Crippen molar-refractivity contribution in [1.82, 2.24) is 4.57 Å². The number of hydrogen-bond acceptors (Lipinski definition) is 2. The number of halogens is 1. The molecule has 0 aliphatic rings. The SMILES string of the molecule is Cn1cc(CC(N)C(=O)O)c2cc(Cl)ccc21. The number of hydrogen-bond donors (Lipinski definition) is 2. The van der Waals surface area contributed by atoms with Crippen molar-refractivity contribution in [1.29, 1.82) is 0 Å². The normalized spacial score (nSPS) is 12.9. The van der Waals surface area contributed by atoms with Crippen LogP contribution in [-0.4, -0.2) is 21.7 Å². The number of aryl methyl sites for hydroxylation is 1. The molecule has 1 aromatic carbocycles. The van der Waals surface area contributed by atoms with Gasteiger partial charge in [0, 0.05) is 35.6 Å². The van der Waals surface area contributed by atoms with Crippen LogP contribution in [0.3, 0.4) is 0 Å². The molecule has 4 nitrogen and oxygen atoms in total. The molecule has 0 aliphatic heterocycles. The molecule has 17 heavy (non-hydrogen) atoms. The molecule has 1 heterocycles. The minimum Gasteiger partial charge on any atom is -0.480 e. The lowest BCUT2D eigenvalue weighted by atomic mass is 10.1. The fourth-order valence-corrected chi connectivity index (χ4v) is 2.10. The number of fused-ring (bicyclic) bond motifs is 1. The predicted octanol–water partition coefficient (Wildman–Crippen LogP) is 1.79. The molecule has 3 N–H and O–H groups in total. The number of benzene rings is 1. The molecule has 1 unspecified atom stereocenters. The van der Waals surface area contributed by atoms with Crippen molar-refractivity contribution in [3.63, 3.8) is 0 Å². The van der Waals surface area contributed by atoms with E-state index in [2.05, 4.69) is 0 Å². The van der Waals surface area contributed by atoms with Gasteiger partial charge >= 0.3 is 5.97 Å². The molecule has 2 rings (SSSR count). The van der Waals surface area contributed by atoms with Crippen molar-refractivity contribution >= 4 is 28.5 Å². The zero-order valence-corrected chi connectivity index (χ0v) is 10.1. The van der Waals surface area contributed by atoms with Crippen LogP contribution in [-0.2, 0) is 18.3 Å². The van der Waals surface area contributed by atoms with E-state index in [9.17, 15) is 4.79 Å². The van der Waals surface area contributed by atoms with E-state index in [-0.39, 0.29) is 0 Å². The molecule has 90 valence electrons. The number of rotatable bonds is 3. The van der Waals surface area contributed by atoms with Crippen LogP contribution in [0.1, 0.15) is 5.56 Å². The van der Waals surface area contributed by atoms with E-state index >= 15 is 0 Å². The summed E-state index contributed by atoms with van der Waals surface area (Å²) in [7, 11) is 1.91. The molecular formula is C12H13ClN2O2. The summed E-state index contributed by atoms with van der Waals surface area (Å²) < 4.78 is 1.94. The summed E-state index contributed by atoms with van der Waals surface area (Å²) in [6, 6.07) is 4.67. The summed E-state index contributed by atoms with van der Waals surface area (Å²) in [6.45, 7) is 0. The average molecular weight is 253 g/mol. The van der Waals surface area contributed by atoms with Gasteiger partial charge in [0.25, 0.3) is 0 Å². The summed E-state index contributed by atoms with van der Waals surface area (Å²) in [5.41, 5.74) is 7.46. The predicted molar refractivity (Wildman–Crippen MR) is 67.2 cm³/mol. The van der Waals surface area contributed by atoms with E-state index in [1.165, 1.54) is 0 Å². The third-order valence-corrected chi connectivity index (χ3v) is 3.03. The highest BCUT2D eigenvalue weighted by molar-refractivity contribution is 6.31. The first kappa shape index (κ1) is 12.0. The van der Waals surface area contributed by atoms with E-state index in [1.54, 1.807) is 0 Å². The van der Waals surface area contributed by atoms with Crippen LogP contribution in [0.5, 0.6) is 0 Å². The Morgan fingerprint density at radius 1 is 1.59 bits per heavy atom. The standard InChI is InChI=1S/C12H13ClN2O2/c1-15-6-7(4-10(14)12(16)17)9-5-8(13)2-3-11(9)15/h2-3,5-6,10H,4,14H2,1H3,(H,16,17). The van der Waals surface area contributed by atoms with Gasteiger partial charge in [0.05, 0.1) is 0 Å². The summed E-state index contributed by atoms with van der Waals surface area (Å²) in [5, 5.41) is 10.4. The van der Waals surface area contributed by atoms with Crippen LogP contribution in [0.4, 0.5) is 0 Å². The summed E-state index contributed by atoms with van der Waals surface area (Å²) in [6.07, 6.45) is 2.19. The van der Waals surface area contributed by atoms with E-state index in [0.717, 1.165) is 16.5 Å². The van der Waals surface area contributed by atoms with Gasteiger partial charge in [0.1, 0.15) is 6.04 Å². The zero-order chi connectivity index (χ0) is 12.6. The number of carboxylic acid groups (broad SMARTS) is 1. The topological polar surface area (TPSA) is 68.2 Å². The fraction of sp³-hybridized carbons (Fsp3) is 0.250. The van der Waals surface area contributed by atoms with E-state index in [0.29, 0.717) is 11.4 Å². The van der Waals surface area contributed by atoms with Crippen molar-refractivity contribution in [3.05, 3.63) is 35.0 Å². The van der Waals surface area contributed by atoms with Crippen molar-refractivity contribution in [2.45, 2.75) is 12.5 Å². The highest BCUT2D eigenvalue weighted by atomic mass is 35.5. The van der Waals surface area contributed by atoms with Crippen LogP contribution in [0.15, 0.2) is 24.4 Å². The highest BCUT2D eigenvalue weighted by Crippen LogP contribution is 2.25. The minimum atomic E-state index is -0.996. The Bertz CT molecular complexity index is 577. The van der Waals surface area contributed by atoms with Crippen molar-refractivity contribution in [2.75, 3.05) is 0 Å². The van der Waals surface area contributed by atoms with E-state index in [1.807, 2.05) is 36.0 Å². The van der Waals surface area contributed by atoms with Gasteiger partial charge in [0.15, 0.2) is 0 Å². The lowest BCUT2D eigenvalue weighted by Crippen LogP contribution is -2.32. The first-order valence-corrected chi connectivity index (χ1v) is 5.58. The quantitative estimate of drug-likeness (QED) is 0.875. The Kier molecular flexibility index (Phi) is 3.09. The van der Waals surface area contributed by atoms with Crippen LogP contribution < -0.4 is 5.73 Å². The van der Waals surface area contributed by atoms with Gasteiger partial charge in [0.2, 0.25) is 0 Å². The molecule has 2 aromatic rings. The molecule has 0 bridgehead atoms. The maximum absolute atomic E-state index is 10.8. The summed E-state index contributed by atoms with van der Waals surface area (Å²) >= 11 is 5.94. The van der Waals surface area contributed by atoms with Gasteiger partial charge in [-0.3, -0.25) is 4.79 Å². The second-order valence-corrected chi connectivity index (χ2v) is 4.51. The molecule has 1 aromatic heterocycles. The molecule has 0 saturated heterocycles. The monoisotopic (exact) mass is 252 g/mol. The summed E-state index contributed by atoms with van der Waals surface area (Å²) in [4.78, 5) is 10.8. The molecular weight excluding hydrogens is 240 g/mol. The minimum absolute atomic E-state index is 0.299. The van der Waals surface area contributed by atoms with Gasteiger partial charge in [-0.05, 0) is 23.8 Å².